The molecule has 2 aromatic carbocycles. The van der Waals surface area contributed by atoms with Crippen molar-refractivity contribution in [3.05, 3.63) is 98.9 Å². The average molecular weight is 487 g/mol. The summed E-state index contributed by atoms with van der Waals surface area (Å²) < 4.78 is 12.3. The SMILES string of the molecule is COc1ccc(NC(=O)/C(C#N)=C/c2c(Oc3ccc(Cl)cc3)nc3c(C)cccn3c2=O)cc1. The minimum atomic E-state index is -0.691. The Bertz CT molecular complexity index is 1540. The van der Waals surface area contributed by atoms with Gasteiger partial charge in [0.15, 0.2) is 0 Å². The van der Waals surface area contributed by atoms with E-state index in [9.17, 15) is 14.9 Å². The summed E-state index contributed by atoms with van der Waals surface area (Å²) in [5, 5.41) is 12.8. The molecule has 174 valence electrons. The van der Waals surface area contributed by atoms with Crippen LogP contribution in [0.4, 0.5) is 5.69 Å². The van der Waals surface area contributed by atoms with E-state index in [-0.39, 0.29) is 17.0 Å². The zero-order chi connectivity index (χ0) is 24.9. The van der Waals surface area contributed by atoms with Crippen molar-refractivity contribution in [1.29, 1.82) is 5.26 Å². The summed E-state index contributed by atoms with van der Waals surface area (Å²) in [6.45, 7) is 1.81. The van der Waals surface area contributed by atoms with E-state index < -0.39 is 11.5 Å². The van der Waals surface area contributed by atoms with E-state index in [0.717, 1.165) is 5.56 Å². The van der Waals surface area contributed by atoms with Gasteiger partial charge in [-0.1, -0.05) is 17.7 Å². The third kappa shape index (κ3) is 5.16. The van der Waals surface area contributed by atoms with Crippen molar-refractivity contribution in [2.75, 3.05) is 12.4 Å². The molecule has 8 nitrogen and oxygen atoms in total. The number of fused-ring (bicyclic) bond motifs is 1. The number of ether oxygens (including phenoxy) is 2. The Morgan fingerprint density at radius 1 is 1.11 bits per heavy atom. The first kappa shape index (κ1) is 23.5. The molecule has 0 radical (unpaired) electrons. The molecule has 0 saturated carbocycles. The van der Waals surface area contributed by atoms with Gasteiger partial charge < -0.3 is 14.8 Å². The number of nitrogens with zero attached hydrogens (tertiary/aromatic N) is 3. The molecule has 1 amide bonds. The van der Waals surface area contributed by atoms with Gasteiger partial charge in [-0.3, -0.25) is 14.0 Å². The van der Waals surface area contributed by atoms with E-state index in [2.05, 4.69) is 10.3 Å². The van der Waals surface area contributed by atoms with E-state index in [1.54, 1.807) is 60.8 Å². The molecule has 0 aliphatic rings. The van der Waals surface area contributed by atoms with Crippen LogP contribution in [0.25, 0.3) is 11.7 Å². The molecule has 0 aliphatic heterocycles. The Hall–Kier alpha value is -4.61. The molecule has 9 heteroatoms. The largest absolute Gasteiger partial charge is 0.497 e. The fourth-order valence-electron chi connectivity index (χ4n) is 3.27. The number of hydrogen-bond acceptors (Lipinski definition) is 6. The van der Waals surface area contributed by atoms with Gasteiger partial charge in [-0.15, -0.1) is 0 Å². The number of nitrogens with one attached hydrogen (secondary N) is 1. The monoisotopic (exact) mass is 486 g/mol. The van der Waals surface area contributed by atoms with E-state index in [4.69, 9.17) is 21.1 Å². The Morgan fingerprint density at radius 3 is 2.46 bits per heavy atom. The minimum absolute atomic E-state index is 0.0448. The lowest BCUT2D eigenvalue weighted by Gasteiger charge is -2.12. The summed E-state index contributed by atoms with van der Waals surface area (Å²) in [7, 11) is 1.53. The van der Waals surface area contributed by atoms with Crippen molar-refractivity contribution in [3.63, 3.8) is 0 Å². The highest BCUT2D eigenvalue weighted by atomic mass is 35.5. The van der Waals surface area contributed by atoms with Crippen LogP contribution in [0.15, 0.2) is 77.2 Å². The molecule has 0 aliphatic carbocycles. The number of halogens is 1. The molecule has 4 aromatic rings. The molecule has 0 unspecified atom stereocenters. The van der Waals surface area contributed by atoms with Crippen LogP contribution in [-0.2, 0) is 4.79 Å². The molecule has 0 saturated heterocycles. The van der Waals surface area contributed by atoms with Crippen molar-refractivity contribution in [2.24, 2.45) is 0 Å². The Morgan fingerprint density at radius 2 is 1.80 bits per heavy atom. The molecular formula is C26H19ClN4O4. The number of methoxy groups -OCH3 is 1. The van der Waals surface area contributed by atoms with E-state index >= 15 is 0 Å². The van der Waals surface area contributed by atoms with Gasteiger partial charge in [0.1, 0.15) is 34.4 Å². The number of amides is 1. The number of hydrogen-bond donors (Lipinski definition) is 1. The molecule has 1 N–H and O–H groups in total. The molecular weight excluding hydrogens is 468 g/mol. The van der Waals surface area contributed by atoms with Crippen molar-refractivity contribution < 1.29 is 14.3 Å². The van der Waals surface area contributed by atoms with Crippen molar-refractivity contribution in [1.82, 2.24) is 9.38 Å². The van der Waals surface area contributed by atoms with Crippen LogP contribution < -0.4 is 20.3 Å². The summed E-state index contributed by atoms with van der Waals surface area (Å²) >= 11 is 5.95. The highest BCUT2D eigenvalue weighted by Gasteiger charge is 2.18. The second-order valence-electron chi connectivity index (χ2n) is 7.43. The van der Waals surface area contributed by atoms with Gasteiger partial charge in [-0.2, -0.15) is 10.2 Å². The molecule has 2 aromatic heterocycles. The smallest absolute Gasteiger partial charge is 0.269 e. The highest BCUT2D eigenvalue weighted by molar-refractivity contribution is 6.30. The fourth-order valence-corrected chi connectivity index (χ4v) is 3.40. The zero-order valence-electron chi connectivity index (χ0n) is 18.8. The zero-order valence-corrected chi connectivity index (χ0v) is 19.5. The Kier molecular flexibility index (Phi) is 6.81. The number of anilines is 1. The lowest BCUT2D eigenvalue weighted by Crippen LogP contribution is -2.20. The number of aromatic nitrogens is 2. The molecule has 4 rings (SSSR count). The number of pyridine rings is 1. The summed E-state index contributed by atoms with van der Waals surface area (Å²) in [6, 6.07) is 18.5. The average Bonchev–Trinajstić information content (AvgIpc) is 2.86. The molecule has 2 heterocycles. The number of rotatable bonds is 6. The topological polar surface area (TPSA) is 106 Å². The van der Waals surface area contributed by atoms with Gasteiger partial charge in [0.05, 0.1) is 7.11 Å². The quantitative estimate of drug-likeness (QED) is 0.303. The number of benzene rings is 2. The number of aryl methyl sites for hydroxylation is 1. The third-order valence-corrected chi connectivity index (χ3v) is 5.33. The molecule has 0 bridgehead atoms. The van der Waals surface area contributed by atoms with Gasteiger partial charge in [0.25, 0.3) is 11.5 Å². The van der Waals surface area contributed by atoms with Crippen molar-refractivity contribution in [3.8, 4) is 23.4 Å². The van der Waals surface area contributed by atoms with Crippen LogP contribution in [0, 0.1) is 18.3 Å². The fraction of sp³-hybridized carbons (Fsp3) is 0.0769. The molecule has 0 spiro atoms. The minimum Gasteiger partial charge on any atom is -0.497 e. The van der Waals surface area contributed by atoms with Gasteiger partial charge in [-0.25, -0.2) is 0 Å². The highest BCUT2D eigenvalue weighted by Crippen LogP contribution is 2.26. The number of carbonyl (C=O) groups is 1. The van der Waals surface area contributed by atoms with Crippen LogP contribution >= 0.6 is 11.6 Å². The van der Waals surface area contributed by atoms with Crippen molar-refractivity contribution in [2.45, 2.75) is 6.92 Å². The molecule has 35 heavy (non-hydrogen) atoms. The van der Waals surface area contributed by atoms with Crippen molar-refractivity contribution >= 4 is 34.9 Å². The van der Waals surface area contributed by atoms with Crippen LogP contribution in [0.5, 0.6) is 17.4 Å². The third-order valence-electron chi connectivity index (χ3n) is 5.08. The lowest BCUT2D eigenvalue weighted by atomic mass is 10.1. The van der Waals surface area contributed by atoms with Gasteiger partial charge >= 0.3 is 0 Å². The van der Waals surface area contributed by atoms with Crippen LogP contribution in [0.3, 0.4) is 0 Å². The predicted molar refractivity (Wildman–Crippen MR) is 133 cm³/mol. The van der Waals surface area contributed by atoms with E-state index in [1.807, 2.05) is 19.1 Å². The second-order valence-corrected chi connectivity index (χ2v) is 7.87. The van der Waals surface area contributed by atoms with Crippen LogP contribution in [0.2, 0.25) is 5.02 Å². The standard InChI is InChI=1S/C26H19ClN4O4/c1-16-4-3-13-31-23(16)30-25(35-21-9-5-18(27)6-10-21)22(26(31)33)14-17(15-28)24(32)29-19-7-11-20(34-2)12-8-19/h3-14H,1-2H3,(H,29,32)/b17-14+. The Labute approximate surface area is 205 Å². The number of nitriles is 1. The van der Waals surface area contributed by atoms with Crippen LogP contribution in [-0.4, -0.2) is 22.4 Å². The van der Waals surface area contributed by atoms with E-state index in [1.165, 1.54) is 17.6 Å². The maximum absolute atomic E-state index is 13.4. The first-order valence-corrected chi connectivity index (χ1v) is 10.8. The second kappa shape index (κ2) is 10.1. The van der Waals surface area contributed by atoms with Gasteiger partial charge in [0, 0.05) is 16.9 Å². The summed E-state index contributed by atoms with van der Waals surface area (Å²) in [5.41, 5.74) is 0.752. The lowest BCUT2D eigenvalue weighted by molar-refractivity contribution is -0.112. The number of carbonyl (C=O) groups excluding carboxylic acids is 1. The predicted octanol–water partition coefficient (Wildman–Crippen LogP) is 5.00. The summed E-state index contributed by atoms with van der Waals surface area (Å²) in [4.78, 5) is 30.7. The Balaban J connectivity index is 1.79. The van der Waals surface area contributed by atoms with Gasteiger partial charge in [-0.05, 0) is 73.2 Å². The summed E-state index contributed by atoms with van der Waals surface area (Å²) in [6.07, 6.45) is 2.73. The maximum Gasteiger partial charge on any atom is 0.269 e. The first-order valence-electron chi connectivity index (χ1n) is 10.4. The van der Waals surface area contributed by atoms with Crippen LogP contribution in [0.1, 0.15) is 11.1 Å². The molecule has 0 atom stereocenters. The molecule has 0 fully saturated rings. The summed E-state index contributed by atoms with van der Waals surface area (Å²) in [5.74, 6) is 0.268. The first-order chi connectivity index (χ1) is 16.9. The van der Waals surface area contributed by atoms with Gasteiger partial charge in [0.2, 0.25) is 5.88 Å². The normalized spacial score (nSPS) is 11.1. The van der Waals surface area contributed by atoms with E-state index in [0.29, 0.717) is 27.9 Å². The maximum atomic E-state index is 13.4.